The van der Waals surface area contributed by atoms with Gasteiger partial charge in [0.25, 0.3) is 0 Å². The number of rotatable bonds is 9. The third-order valence-corrected chi connectivity index (χ3v) is 7.50. The number of pyridine rings is 1. The van der Waals surface area contributed by atoms with Crippen LogP contribution in [0.3, 0.4) is 0 Å². The first-order chi connectivity index (χ1) is 21.6. The van der Waals surface area contributed by atoms with E-state index in [2.05, 4.69) is 37.0 Å². The third kappa shape index (κ3) is 6.89. The molecule has 2 aliphatic heterocycles. The maximum atomic E-state index is 13.1. The van der Waals surface area contributed by atoms with Crippen LogP contribution in [0.4, 0.5) is 17.1 Å². The molecule has 2 aromatic heterocycles. The number of benzene rings is 2. The predicted octanol–water partition coefficient (Wildman–Crippen LogP) is 4.48. The molecule has 2 saturated heterocycles. The van der Waals surface area contributed by atoms with Gasteiger partial charge in [0.1, 0.15) is 23.7 Å². The van der Waals surface area contributed by atoms with E-state index in [1.54, 1.807) is 42.7 Å². The van der Waals surface area contributed by atoms with Gasteiger partial charge in [-0.15, -0.1) is 0 Å². The lowest BCUT2D eigenvalue weighted by atomic mass is 10.0. The lowest BCUT2D eigenvalue weighted by Crippen LogP contribution is -2.24. The number of hydrogen-bond acceptors (Lipinski definition) is 10. The molecule has 44 heavy (non-hydrogen) atoms. The normalized spacial score (nSPS) is 16.2. The molecule has 0 bridgehead atoms. The molecule has 1 amide bonds. The maximum Gasteiger partial charge on any atom is 0.248 e. The highest BCUT2D eigenvalue weighted by Gasteiger charge is 2.22. The van der Waals surface area contributed by atoms with Gasteiger partial charge in [-0.2, -0.15) is 5.26 Å². The summed E-state index contributed by atoms with van der Waals surface area (Å²) < 4.78 is 11.7. The number of carbonyl (C=O) groups excluding carboxylic acids is 2. The van der Waals surface area contributed by atoms with Crippen LogP contribution < -0.4 is 20.7 Å². The predicted molar refractivity (Wildman–Crippen MR) is 165 cm³/mol. The van der Waals surface area contributed by atoms with Crippen LogP contribution in [0.5, 0.6) is 5.75 Å². The van der Waals surface area contributed by atoms with E-state index >= 15 is 0 Å². The lowest BCUT2D eigenvalue weighted by Gasteiger charge is -2.19. The minimum atomic E-state index is -0.248. The summed E-state index contributed by atoms with van der Waals surface area (Å²) in [5.41, 5.74) is 4.02. The summed E-state index contributed by atoms with van der Waals surface area (Å²) in [5.74, 6) is 0.534. The standard InChI is InChI=1S/C33H31N7O4/c34-16-23-17-36-27-14-30(44-25-8-11-43-20-25)28(40-32(42)12-21-6-9-35-10-7-21)13-26(27)33(23)39-24-18-37-31(38-19-24)15-29(41)22-4-2-1-3-5-22/h1-5,12-14,17-19,25,35H,6-11,15,20H2,(H,36,39)(H,40,42). The fraction of sp³-hybridized carbons (Fsp3) is 0.273. The summed E-state index contributed by atoms with van der Waals surface area (Å²) in [6, 6.07) is 14.7. The second-order valence-electron chi connectivity index (χ2n) is 10.6. The van der Waals surface area contributed by atoms with E-state index in [1.165, 1.54) is 6.20 Å². The summed E-state index contributed by atoms with van der Waals surface area (Å²) >= 11 is 0. The van der Waals surface area contributed by atoms with Gasteiger partial charge in [0.2, 0.25) is 5.91 Å². The fourth-order valence-corrected chi connectivity index (χ4v) is 5.19. The molecular weight excluding hydrogens is 558 g/mol. The van der Waals surface area contributed by atoms with Crippen molar-refractivity contribution in [2.45, 2.75) is 31.8 Å². The average Bonchev–Trinajstić information content (AvgIpc) is 3.56. The van der Waals surface area contributed by atoms with Gasteiger partial charge in [-0.1, -0.05) is 35.9 Å². The van der Waals surface area contributed by atoms with Crippen molar-refractivity contribution in [3.63, 3.8) is 0 Å². The number of carbonyl (C=O) groups is 2. The fourth-order valence-electron chi connectivity index (χ4n) is 5.19. The Morgan fingerprint density at radius 1 is 1.09 bits per heavy atom. The second-order valence-corrected chi connectivity index (χ2v) is 10.6. The minimum absolute atomic E-state index is 0.0659. The zero-order valence-electron chi connectivity index (χ0n) is 24.0. The van der Waals surface area contributed by atoms with Crippen LogP contribution in [0, 0.1) is 11.3 Å². The first kappa shape index (κ1) is 28.9. The highest BCUT2D eigenvalue weighted by atomic mass is 16.5. The monoisotopic (exact) mass is 589 g/mol. The Morgan fingerprint density at radius 2 is 1.89 bits per heavy atom. The summed E-state index contributed by atoms with van der Waals surface area (Å²) in [6.07, 6.45) is 8.57. The van der Waals surface area contributed by atoms with Crippen LogP contribution in [0.1, 0.15) is 41.0 Å². The number of aromatic nitrogens is 3. The molecule has 2 aliphatic rings. The van der Waals surface area contributed by atoms with Crippen LogP contribution in [0.25, 0.3) is 10.9 Å². The van der Waals surface area contributed by atoms with Gasteiger partial charge < -0.3 is 25.4 Å². The molecule has 6 rings (SSSR count). The van der Waals surface area contributed by atoms with Crippen molar-refractivity contribution < 1.29 is 19.1 Å². The second kappa shape index (κ2) is 13.4. The Bertz CT molecular complexity index is 1740. The average molecular weight is 590 g/mol. The topological polar surface area (TPSA) is 151 Å². The molecule has 4 aromatic rings. The van der Waals surface area contributed by atoms with Gasteiger partial charge in [-0.25, -0.2) is 9.97 Å². The van der Waals surface area contributed by atoms with E-state index < -0.39 is 0 Å². The molecule has 0 spiro atoms. The molecule has 2 fully saturated rings. The number of piperidine rings is 1. The summed E-state index contributed by atoms with van der Waals surface area (Å²) in [7, 11) is 0. The Kier molecular flexibility index (Phi) is 8.82. The molecule has 0 aliphatic carbocycles. The summed E-state index contributed by atoms with van der Waals surface area (Å²) in [6.45, 7) is 2.76. The number of ether oxygens (including phenoxy) is 2. The molecule has 3 N–H and O–H groups in total. The molecule has 222 valence electrons. The smallest absolute Gasteiger partial charge is 0.248 e. The summed E-state index contributed by atoms with van der Waals surface area (Å²) in [4.78, 5) is 38.9. The molecule has 0 saturated carbocycles. The van der Waals surface area contributed by atoms with Crippen molar-refractivity contribution in [2.24, 2.45) is 0 Å². The zero-order valence-corrected chi connectivity index (χ0v) is 24.0. The first-order valence-corrected chi connectivity index (χ1v) is 14.5. The molecule has 11 heteroatoms. The lowest BCUT2D eigenvalue weighted by molar-refractivity contribution is -0.112. The molecule has 1 unspecified atom stereocenters. The van der Waals surface area contributed by atoms with Crippen LogP contribution >= 0.6 is 0 Å². The van der Waals surface area contributed by atoms with Crippen LogP contribution in [-0.2, 0) is 16.0 Å². The number of hydrogen-bond donors (Lipinski definition) is 3. The highest BCUT2D eigenvalue weighted by molar-refractivity contribution is 6.05. The van der Waals surface area contributed by atoms with E-state index in [0.717, 1.165) is 37.9 Å². The van der Waals surface area contributed by atoms with E-state index in [1.807, 2.05) is 18.2 Å². The quantitative estimate of drug-likeness (QED) is 0.188. The highest BCUT2D eigenvalue weighted by Crippen LogP contribution is 2.37. The van der Waals surface area contributed by atoms with E-state index in [9.17, 15) is 14.9 Å². The third-order valence-electron chi connectivity index (χ3n) is 7.50. The van der Waals surface area contributed by atoms with Gasteiger partial charge in [-0.05, 0) is 32.0 Å². The van der Waals surface area contributed by atoms with Crippen LogP contribution in [-0.4, -0.2) is 59.0 Å². The van der Waals surface area contributed by atoms with Gasteiger partial charge in [0.15, 0.2) is 5.78 Å². The van der Waals surface area contributed by atoms with Crippen molar-refractivity contribution in [2.75, 3.05) is 36.9 Å². The Hall–Kier alpha value is -5.18. The summed E-state index contributed by atoms with van der Waals surface area (Å²) in [5, 5.41) is 20.1. The maximum absolute atomic E-state index is 13.1. The van der Waals surface area contributed by atoms with Crippen molar-refractivity contribution in [3.05, 3.63) is 89.7 Å². The number of ketones is 1. The van der Waals surface area contributed by atoms with Gasteiger partial charge >= 0.3 is 0 Å². The number of Topliss-reactive ketones (excluding diaryl/α,β-unsaturated/α-hetero) is 1. The first-order valence-electron chi connectivity index (χ1n) is 14.5. The number of fused-ring (bicyclic) bond motifs is 1. The minimum Gasteiger partial charge on any atom is -0.486 e. The van der Waals surface area contributed by atoms with Crippen LogP contribution in [0.2, 0.25) is 0 Å². The van der Waals surface area contributed by atoms with Gasteiger partial charge in [0.05, 0.1) is 60.2 Å². The number of nitrogens with zero attached hydrogens (tertiary/aromatic N) is 4. The number of nitrogens with one attached hydrogen (secondary N) is 3. The SMILES string of the molecule is N#Cc1cnc2cc(OC3CCOC3)c(NC(=O)C=C3CCNCC3)cc2c1Nc1cnc(CC(=O)c2ccccc2)nc1. The number of anilines is 3. The van der Waals surface area contributed by atoms with Gasteiger partial charge in [-0.3, -0.25) is 14.6 Å². The van der Waals surface area contributed by atoms with Crippen LogP contribution in [0.15, 0.2) is 72.7 Å². The van der Waals surface area contributed by atoms with E-state index in [0.29, 0.717) is 63.9 Å². The van der Waals surface area contributed by atoms with E-state index in [-0.39, 0.29) is 24.2 Å². The van der Waals surface area contributed by atoms with Crippen molar-refractivity contribution in [3.8, 4) is 11.8 Å². The number of amides is 1. The van der Waals surface area contributed by atoms with Crippen molar-refractivity contribution in [1.82, 2.24) is 20.3 Å². The van der Waals surface area contributed by atoms with Crippen molar-refractivity contribution >= 4 is 39.7 Å². The van der Waals surface area contributed by atoms with Crippen molar-refractivity contribution in [1.29, 1.82) is 5.26 Å². The largest absolute Gasteiger partial charge is 0.486 e. The Balaban J connectivity index is 1.30. The molecule has 1 atom stereocenters. The molecule has 0 radical (unpaired) electrons. The Morgan fingerprint density at radius 3 is 2.61 bits per heavy atom. The molecule has 11 nitrogen and oxygen atoms in total. The zero-order chi connectivity index (χ0) is 30.3. The molecule has 2 aromatic carbocycles. The molecular formula is C33H31N7O4. The molecule has 4 heterocycles. The Labute approximate surface area is 254 Å². The van der Waals surface area contributed by atoms with E-state index in [4.69, 9.17) is 9.47 Å². The van der Waals surface area contributed by atoms with Gasteiger partial charge in [0, 0.05) is 35.7 Å². The number of nitriles is 1.